The van der Waals surface area contributed by atoms with E-state index < -0.39 is 5.60 Å². The highest BCUT2D eigenvalue weighted by Crippen LogP contribution is 2.55. The van der Waals surface area contributed by atoms with E-state index in [0.29, 0.717) is 18.7 Å². The number of hydrogen-bond acceptors (Lipinski definition) is 3. The average molecular weight is 442 g/mol. The number of carbonyl (C=O) groups excluding carboxylic acids is 1. The summed E-state index contributed by atoms with van der Waals surface area (Å²) in [6.07, 6.45) is 3.04. The van der Waals surface area contributed by atoms with E-state index >= 15 is 0 Å². The van der Waals surface area contributed by atoms with Gasteiger partial charge in [-0.05, 0) is 67.6 Å². The SMILES string of the molecule is CCN(C(=O)c1[nH]c2c(c1C)CC1(O)C3Cc4ccccc4C1(CCN3)C2)c1ccccc1. The van der Waals surface area contributed by atoms with Gasteiger partial charge >= 0.3 is 0 Å². The van der Waals surface area contributed by atoms with Crippen molar-refractivity contribution in [2.24, 2.45) is 0 Å². The van der Waals surface area contributed by atoms with Crippen LogP contribution in [0, 0.1) is 6.92 Å². The molecule has 0 radical (unpaired) electrons. The molecule has 2 aromatic carbocycles. The van der Waals surface area contributed by atoms with Gasteiger partial charge in [0.2, 0.25) is 0 Å². The zero-order chi connectivity index (χ0) is 22.8. The summed E-state index contributed by atoms with van der Waals surface area (Å²) in [5.41, 5.74) is 6.20. The standard InChI is InChI=1S/C28H31N3O2/c1-3-31(20-10-5-4-6-11-20)26(32)25-18(2)21-16-28(33)24-15-19-9-7-8-12-22(19)27(28,13-14-29-24)17-23(21)30-25/h4-12,24,29-30,33H,3,13-17H2,1-2H3. The molecule has 1 amide bonds. The number of fused-ring (bicyclic) bond motifs is 2. The van der Waals surface area contributed by atoms with Crippen LogP contribution in [0.3, 0.4) is 0 Å². The summed E-state index contributed by atoms with van der Waals surface area (Å²) in [7, 11) is 0. The lowest BCUT2D eigenvalue weighted by molar-refractivity contribution is -0.106. The Morgan fingerprint density at radius 1 is 1.12 bits per heavy atom. The fraction of sp³-hybridized carbons (Fsp3) is 0.393. The summed E-state index contributed by atoms with van der Waals surface area (Å²) in [4.78, 5) is 19.0. The van der Waals surface area contributed by atoms with E-state index in [1.54, 1.807) is 0 Å². The van der Waals surface area contributed by atoms with Crippen LogP contribution in [0.2, 0.25) is 0 Å². The number of para-hydroxylation sites is 1. The number of aliphatic hydroxyl groups is 1. The lowest BCUT2D eigenvalue weighted by atomic mass is 9.50. The van der Waals surface area contributed by atoms with Gasteiger partial charge < -0.3 is 20.3 Å². The van der Waals surface area contributed by atoms with Crippen LogP contribution in [0.1, 0.15) is 51.8 Å². The topological polar surface area (TPSA) is 68.4 Å². The molecular formula is C28H31N3O2. The zero-order valence-electron chi connectivity index (χ0n) is 19.3. The van der Waals surface area contributed by atoms with Crippen LogP contribution in [0.15, 0.2) is 54.6 Å². The number of aromatic amines is 1. The maximum atomic E-state index is 13.7. The molecule has 33 heavy (non-hydrogen) atoms. The average Bonchev–Trinajstić information content (AvgIpc) is 3.13. The molecule has 3 aromatic rings. The fourth-order valence-corrected chi connectivity index (χ4v) is 6.86. The molecule has 3 N–H and O–H groups in total. The van der Waals surface area contributed by atoms with E-state index in [9.17, 15) is 9.90 Å². The summed E-state index contributed by atoms with van der Waals surface area (Å²) in [6, 6.07) is 18.5. The number of nitrogens with one attached hydrogen (secondary N) is 2. The lowest BCUT2D eigenvalue weighted by Crippen LogP contribution is -2.73. The van der Waals surface area contributed by atoms with Gasteiger partial charge in [-0.2, -0.15) is 0 Å². The minimum atomic E-state index is -0.857. The second-order valence-electron chi connectivity index (χ2n) is 9.94. The molecule has 1 aliphatic heterocycles. The first kappa shape index (κ1) is 20.7. The number of nitrogens with zero attached hydrogens (tertiary/aromatic N) is 1. The lowest BCUT2D eigenvalue weighted by Gasteiger charge is -2.60. The van der Waals surface area contributed by atoms with E-state index in [-0.39, 0.29) is 17.4 Å². The third-order valence-corrected chi connectivity index (χ3v) is 8.54. The van der Waals surface area contributed by atoms with Crippen molar-refractivity contribution in [3.05, 3.63) is 88.2 Å². The van der Waals surface area contributed by atoms with Crippen molar-refractivity contribution in [1.29, 1.82) is 0 Å². The van der Waals surface area contributed by atoms with Crippen LogP contribution in [0.4, 0.5) is 5.69 Å². The molecule has 2 aliphatic carbocycles. The largest absolute Gasteiger partial charge is 0.387 e. The van der Waals surface area contributed by atoms with Gasteiger partial charge in [-0.25, -0.2) is 0 Å². The van der Waals surface area contributed by atoms with Crippen molar-refractivity contribution >= 4 is 11.6 Å². The quantitative estimate of drug-likeness (QED) is 0.581. The number of amides is 1. The van der Waals surface area contributed by atoms with Gasteiger partial charge in [-0.15, -0.1) is 0 Å². The predicted octanol–water partition coefficient (Wildman–Crippen LogP) is 3.68. The van der Waals surface area contributed by atoms with Crippen molar-refractivity contribution in [2.75, 3.05) is 18.0 Å². The van der Waals surface area contributed by atoms with Gasteiger partial charge in [-0.3, -0.25) is 4.79 Å². The Bertz CT molecular complexity index is 1230. The van der Waals surface area contributed by atoms with Crippen molar-refractivity contribution in [3.63, 3.8) is 0 Å². The molecule has 3 atom stereocenters. The van der Waals surface area contributed by atoms with Crippen LogP contribution in [0.25, 0.3) is 0 Å². The molecule has 1 aromatic heterocycles. The maximum Gasteiger partial charge on any atom is 0.274 e. The molecule has 0 spiro atoms. The van der Waals surface area contributed by atoms with E-state index in [1.165, 1.54) is 11.1 Å². The van der Waals surface area contributed by atoms with Gasteiger partial charge in [0.1, 0.15) is 5.69 Å². The fourth-order valence-electron chi connectivity index (χ4n) is 6.86. The van der Waals surface area contributed by atoms with Gasteiger partial charge in [-0.1, -0.05) is 42.5 Å². The molecule has 0 saturated carbocycles. The summed E-state index contributed by atoms with van der Waals surface area (Å²) in [5.74, 6) is -0.00967. The van der Waals surface area contributed by atoms with Crippen LogP contribution in [-0.2, 0) is 24.7 Å². The van der Waals surface area contributed by atoms with Crippen LogP contribution in [0.5, 0.6) is 0 Å². The molecule has 6 rings (SSSR count). The number of anilines is 1. The minimum Gasteiger partial charge on any atom is -0.387 e. The second kappa shape index (κ2) is 7.31. The highest BCUT2D eigenvalue weighted by Gasteiger charge is 2.63. The number of rotatable bonds is 3. The van der Waals surface area contributed by atoms with E-state index in [0.717, 1.165) is 48.3 Å². The molecule has 2 heterocycles. The van der Waals surface area contributed by atoms with Crippen molar-refractivity contribution in [2.45, 2.75) is 56.6 Å². The minimum absolute atomic E-state index is 0.00967. The highest BCUT2D eigenvalue weighted by molar-refractivity contribution is 6.06. The van der Waals surface area contributed by atoms with Gasteiger partial charge in [0.15, 0.2) is 0 Å². The molecule has 1 fully saturated rings. The smallest absolute Gasteiger partial charge is 0.274 e. The number of carbonyl (C=O) groups is 1. The monoisotopic (exact) mass is 441 g/mol. The number of H-pyrrole nitrogens is 1. The first-order valence-corrected chi connectivity index (χ1v) is 12.1. The van der Waals surface area contributed by atoms with E-state index in [4.69, 9.17) is 0 Å². The maximum absolute atomic E-state index is 13.7. The van der Waals surface area contributed by atoms with E-state index in [1.807, 2.05) is 49.1 Å². The van der Waals surface area contributed by atoms with Gasteiger partial charge in [0.05, 0.1) is 5.60 Å². The van der Waals surface area contributed by atoms with E-state index in [2.05, 4.69) is 34.6 Å². The Balaban J connectivity index is 1.45. The number of hydrogen-bond donors (Lipinski definition) is 3. The summed E-state index contributed by atoms with van der Waals surface area (Å²) in [6.45, 7) is 5.53. The van der Waals surface area contributed by atoms with Gasteiger partial charge in [0, 0.05) is 42.2 Å². The molecule has 5 nitrogen and oxygen atoms in total. The van der Waals surface area contributed by atoms with Gasteiger partial charge in [0.25, 0.3) is 5.91 Å². The molecular weight excluding hydrogens is 410 g/mol. The number of aromatic nitrogens is 1. The predicted molar refractivity (Wildman–Crippen MR) is 130 cm³/mol. The first-order chi connectivity index (χ1) is 16.0. The molecule has 1 saturated heterocycles. The Kier molecular flexibility index (Phi) is 4.58. The summed E-state index contributed by atoms with van der Waals surface area (Å²) >= 11 is 0. The van der Waals surface area contributed by atoms with Crippen molar-refractivity contribution < 1.29 is 9.90 Å². The third kappa shape index (κ3) is 2.76. The summed E-state index contributed by atoms with van der Waals surface area (Å²) in [5, 5.41) is 15.9. The first-order valence-electron chi connectivity index (χ1n) is 12.1. The summed E-state index contributed by atoms with van der Waals surface area (Å²) < 4.78 is 0. The zero-order valence-corrected chi connectivity index (χ0v) is 19.3. The van der Waals surface area contributed by atoms with Crippen LogP contribution >= 0.6 is 0 Å². The Labute approximate surface area is 194 Å². The third-order valence-electron chi connectivity index (χ3n) is 8.54. The number of benzene rings is 2. The number of piperidine rings is 1. The Morgan fingerprint density at radius 3 is 2.67 bits per heavy atom. The second-order valence-corrected chi connectivity index (χ2v) is 9.94. The molecule has 5 heteroatoms. The molecule has 170 valence electrons. The van der Waals surface area contributed by atoms with Crippen molar-refractivity contribution in [3.8, 4) is 0 Å². The Morgan fingerprint density at radius 2 is 1.88 bits per heavy atom. The molecule has 3 aliphatic rings. The molecule has 3 unspecified atom stereocenters. The highest BCUT2D eigenvalue weighted by atomic mass is 16.3. The van der Waals surface area contributed by atoms with Crippen molar-refractivity contribution in [1.82, 2.24) is 10.3 Å². The normalized spacial score (nSPS) is 27.3. The van der Waals surface area contributed by atoms with Crippen LogP contribution < -0.4 is 10.2 Å². The Hall–Kier alpha value is -2.89. The molecule has 2 bridgehead atoms. The van der Waals surface area contributed by atoms with Crippen LogP contribution in [-0.4, -0.2) is 40.7 Å².